The highest BCUT2D eigenvalue weighted by Crippen LogP contribution is 2.44. The number of aromatic nitrogens is 2. The van der Waals surface area contributed by atoms with Gasteiger partial charge in [0, 0.05) is 25.5 Å². The van der Waals surface area contributed by atoms with Crippen molar-refractivity contribution in [3.63, 3.8) is 0 Å². The first-order chi connectivity index (χ1) is 21.0. The van der Waals surface area contributed by atoms with Gasteiger partial charge in [-0.3, -0.25) is 0 Å². The Labute approximate surface area is 257 Å². The molecule has 0 saturated heterocycles. The molecule has 6 nitrogen and oxygen atoms in total. The molecule has 3 aromatic carbocycles. The third-order valence-electron chi connectivity index (χ3n) is 9.89. The first-order valence-corrected chi connectivity index (χ1v) is 16.2. The van der Waals surface area contributed by atoms with Crippen molar-refractivity contribution in [2.75, 3.05) is 37.4 Å². The predicted octanol–water partition coefficient (Wildman–Crippen LogP) is 7.19. The molecule has 0 radical (unpaired) electrons. The number of aliphatic hydroxyl groups is 1. The summed E-state index contributed by atoms with van der Waals surface area (Å²) in [5.74, 6) is 3.67. The molecule has 6 heteroatoms. The molecule has 0 aliphatic heterocycles. The van der Waals surface area contributed by atoms with E-state index in [2.05, 4.69) is 70.1 Å². The highest BCUT2D eigenvalue weighted by Gasteiger charge is 2.36. The van der Waals surface area contributed by atoms with Crippen molar-refractivity contribution in [2.24, 2.45) is 17.8 Å². The zero-order chi connectivity index (χ0) is 29.6. The number of nitrogens with one attached hydrogen (secondary N) is 2. The van der Waals surface area contributed by atoms with Crippen LogP contribution in [0.1, 0.15) is 68.1 Å². The van der Waals surface area contributed by atoms with Crippen LogP contribution in [0.2, 0.25) is 0 Å². The minimum absolute atomic E-state index is 0.281. The Hall–Kier alpha value is -3.48. The van der Waals surface area contributed by atoms with Crippen LogP contribution in [-0.2, 0) is 0 Å². The van der Waals surface area contributed by atoms with Crippen LogP contribution in [-0.4, -0.2) is 48.3 Å². The number of hydrogen-bond donors (Lipinski definition) is 3. The van der Waals surface area contributed by atoms with Crippen LogP contribution in [0.3, 0.4) is 0 Å². The Balaban J connectivity index is 1.03. The summed E-state index contributed by atoms with van der Waals surface area (Å²) in [4.78, 5) is 11.7. The molecule has 43 heavy (non-hydrogen) atoms. The number of anilines is 2. The maximum Gasteiger partial charge on any atom is 0.225 e. The monoisotopic (exact) mass is 577 g/mol. The number of aliphatic hydroxyl groups excluding tert-OH is 1. The van der Waals surface area contributed by atoms with Crippen LogP contribution >= 0.6 is 0 Å². The standard InChI is InChI=1S/C37H47N5O/c1-42(2)36-33-15-9-10-16-34(33)40-37(41-36)39-31-20-17-26(18-21-31)24-38-25-30-23-29(27-11-5-3-6-12-27)19-22-32(30)35(43)28-13-7-4-8-14-28/h3-16,26,29-32,35,38,43H,17-25H2,1-2H3,(H,39,40,41)/t26-,29-,30-,31+,32+,35?/m0/s1. The van der Waals surface area contributed by atoms with Gasteiger partial charge in [-0.1, -0.05) is 72.8 Å². The normalized spacial score (nSPS) is 24.9. The van der Waals surface area contributed by atoms with Crippen molar-refractivity contribution in [2.45, 2.75) is 63.0 Å². The van der Waals surface area contributed by atoms with Gasteiger partial charge >= 0.3 is 0 Å². The van der Waals surface area contributed by atoms with Crippen LogP contribution in [0.25, 0.3) is 10.9 Å². The Morgan fingerprint density at radius 2 is 1.49 bits per heavy atom. The largest absolute Gasteiger partial charge is 0.388 e. The lowest BCUT2D eigenvalue weighted by atomic mass is 9.69. The summed E-state index contributed by atoms with van der Waals surface area (Å²) in [6.07, 6.45) is 7.59. The van der Waals surface area contributed by atoms with Crippen LogP contribution in [0.4, 0.5) is 11.8 Å². The quantitative estimate of drug-likeness (QED) is 0.185. The zero-order valence-electron chi connectivity index (χ0n) is 25.7. The van der Waals surface area contributed by atoms with E-state index in [1.54, 1.807) is 0 Å². The van der Waals surface area contributed by atoms with Crippen LogP contribution in [0.15, 0.2) is 84.9 Å². The number of nitrogens with zero attached hydrogens (tertiary/aromatic N) is 3. The fourth-order valence-electron chi connectivity index (χ4n) is 7.49. The van der Waals surface area contributed by atoms with E-state index in [0.717, 1.165) is 73.4 Å². The second-order valence-corrected chi connectivity index (χ2v) is 13.0. The van der Waals surface area contributed by atoms with Crippen molar-refractivity contribution < 1.29 is 5.11 Å². The first-order valence-electron chi connectivity index (χ1n) is 16.2. The lowest BCUT2D eigenvalue weighted by Crippen LogP contribution is -2.38. The summed E-state index contributed by atoms with van der Waals surface area (Å²) in [5.41, 5.74) is 3.48. The highest BCUT2D eigenvalue weighted by molar-refractivity contribution is 5.90. The molecule has 3 N–H and O–H groups in total. The molecule has 226 valence electrons. The second kappa shape index (κ2) is 13.9. The zero-order valence-corrected chi connectivity index (χ0v) is 25.7. The molecule has 6 rings (SSSR count). The van der Waals surface area contributed by atoms with Crippen molar-refractivity contribution in [1.82, 2.24) is 15.3 Å². The molecule has 1 unspecified atom stereocenters. The van der Waals surface area contributed by atoms with E-state index in [4.69, 9.17) is 9.97 Å². The van der Waals surface area contributed by atoms with E-state index in [9.17, 15) is 5.11 Å². The van der Waals surface area contributed by atoms with Gasteiger partial charge in [0.2, 0.25) is 5.95 Å². The molecular weight excluding hydrogens is 530 g/mol. The summed E-state index contributed by atoms with van der Waals surface area (Å²) in [6, 6.07) is 29.9. The lowest BCUT2D eigenvalue weighted by molar-refractivity contribution is 0.0407. The second-order valence-electron chi connectivity index (χ2n) is 13.0. The summed E-state index contributed by atoms with van der Waals surface area (Å²) >= 11 is 0. The molecule has 4 atom stereocenters. The van der Waals surface area contributed by atoms with Crippen LogP contribution in [0, 0.1) is 17.8 Å². The van der Waals surface area contributed by atoms with Gasteiger partial charge in [-0.25, -0.2) is 4.98 Å². The van der Waals surface area contributed by atoms with Crippen LogP contribution in [0.5, 0.6) is 0 Å². The molecule has 0 amide bonds. The number of benzene rings is 3. The van der Waals surface area contributed by atoms with E-state index in [1.807, 2.05) is 44.4 Å². The molecule has 1 heterocycles. The van der Waals surface area contributed by atoms with Gasteiger partial charge in [0.1, 0.15) is 5.82 Å². The minimum Gasteiger partial charge on any atom is -0.388 e. The number of rotatable bonds is 10. The maximum absolute atomic E-state index is 11.4. The molecular formula is C37H47N5O. The molecule has 2 saturated carbocycles. The molecule has 1 aromatic heterocycles. The highest BCUT2D eigenvalue weighted by atomic mass is 16.3. The van der Waals surface area contributed by atoms with Gasteiger partial charge in [0.05, 0.1) is 11.6 Å². The fourth-order valence-corrected chi connectivity index (χ4v) is 7.49. The summed E-state index contributed by atoms with van der Waals surface area (Å²) in [6.45, 7) is 2.01. The number of para-hydroxylation sites is 1. The molecule has 0 spiro atoms. The molecule has 2 fully saturated rings. The van der Waals surface area contributed by atoms with Gasteiger partial charge in [-0.2, -0.15) is 4.98 Å². The van der Waals surface area contributed by atoms with Crippen molar-refractivity contribution in [3.8, 4) is 0 Å². The SMILES string of the molecule is CN(C)c1nc(N[C@H]2CC[C@@H](CNC[C@@H]3C[C@@H](c4ccccc4)CC[C@H]3C(O)c3ccccc3)CC2)nc2ccccc12. The van der Waals surface area contributed by atoms with Gasteiger partial charge < -0.3 is 20.6 Å². The Morgan fingerprint density at radius 1 is 0.791 bits per heavy atom. The average molecular weight is 578 g/mol. The summed E-state index contributed by atoms with van der Waals surface area (Å²) in [7, 11) is 4.08. The van der Waals surface area contributed by atoms with E-state index in [-0.39, 0.29) is 5.92 Å². The smallest absolute Gasteiger partial charge is 0.225 e. The summed E-state index contributed by atoms with van der Waals surface area (Å²) in [5, 5.41) is 20.0. The Kier molecular flexibility index (Phi) is 9.55. The average Bonchev–Trinajstić information content (AvgIpc) is 3.05. The lowest BCUT2D eigenvalue weighted by Gasteiger charge is -2.39. The summed E-state index contributed by atoms with van der Waals surface area (Å²) < 4.78 is 0. The van der Waals surface area contributed by atoms with E-state index in [0.29, 0.717) is 23.8 Å². The molecule has 0 bridgehead atoms. The van der Waals surface area contributed by atoms with E-state index in [1.165, 1.54) is 18.4 Å². The van der Waals surface area contributed by atoms with Crippen molar-refractivity contribution in [1.29, 1.82) is 0 Å². The van der Waals surface area contributed by atoms with E-state index >= 15 is 0 Å². The van der Waals surface area contributed by atoms with Gasteiger partial charge in [0.25, 0.3) is 0 Å². The van der Waals surface area contributed by atoms with Gasteiger partial charge in [0.15, 0.2) is 0 Å². The van der Waals surface area contributed by atoms with Crippen LogP contribution < -0.4 is 15.5 Å². The van der Waals surface area contributed by atoms with Gasteiger partial charge in [-0.15, -0.1) is 0 Å². The minimum atomic E-state index is -0.406. The first kappa shape index (κ1) is 29.6. The molecule has 2 aliphatic rings. The third-order valence-corrected chi connectivity index (χ3v) is 9.89. The van der Waals surface area contributed by atoms with E-state index < -0.39 is 6.10 Å². The Morgan fingerprint density at radius 3 is 2.23 bits per heavy atom. The molecule has 4 aromatic rings. The topological polar surface area (TPSA) is 73.3 Å². The molecule has 2 aliphatic carbocycles. The predicted molar refractivity (Wildman–Crippen MR) is 178 cm³/mol. The Bertz CT molecular complexity index is 1440. The van der Waals surface area contributed by atoms with Crippen molar-refractivity contribution >= 4 is 22.7 Å². The van der Waals surface area contributed by atoms with Crippen molar-refractivity contribution in [3.05, 3.63) is 96.1 Å². The number of fused-ring (bicyclic) bond motifs is 1. The maximum atomic E-state index is 11.4. The third kappa shape index (κ3) is 7.19. The fraction of sp³-hybridized carbons (Fsp3) is 0.459. The number of hydrogen-bond acceptors (Lipinski definition) is 6. The van der Waals surface area contributed by atoms with Gasteiger partial charge in [-0.05, 0) is 105 Å².